The molecule has 0 aliphatic rings. The first kappa shape index (κ1) is 14.7. The van der Waals surface area contributed by atoms with E-state index in [1.54, 1.807) is 20.1 Å². The number of furan rings is 1. The van der Waals surface area contributed by atoms with E-state index in [1.165, 1.54) is 0 Å². The van der Waals surface area contributed by atoms with Crippen LogP contribution in [0.15, 0.2) is 10.5 Å². The zero-order valence-electron chi connectivity index (χ0n) is 10.7. The quantitative estimate of drug-likeness (QED) is 0.643. The Balaban J connectivity index is 2.19. The third kappa shape index (κ3) is 4.87. The molecule has 2 N–H and O–H groups in total. The number of methoxy groups -OCH3 is 1. The molecular formula is C12H19NO5. The molecule has 1 aromatic heterocycles. The number of carboxylic acid groups (broad SMARTS) is 1. The fourth-order valence-electron chi connectivity index (χ4n) is 1.45. The zero-order chi connectivity index (χ0) is 13.4. The van der Waals surface area contributed by atoms with Gasteiger partial charge in [0.25, 0.3) is 0 Å². The van der Waals surface area contributed by atoms with Crippen molar-refractivity contribution in [3.05, 3.63) is 23.2 Å². The molecular weight excluding hydrogens is 238 g/mol. The SMILES string of the molecule is COCCOCCNCc1cc(C)c(C(=O)O)o1. The van der Waals surface area contributed by atoms with Crippen molar-refractivity contribution in [1.82, 2.24) is 5.32 Å². The minimum absolute atomic E-state index is 0.00291. The first-order valence-corrected chi connectivity index (χ1v) is 5.75. The lowest BCUT2D eigenvalue weighted by Gasteiger charge is -2.04. The molecule has 1 aromatic rings. The van der Waals surface area contributed by atoms with Gasteiger partial charge in [0.2, 0.25) is 5.76 Å². The molecule has 0 atom stereocenters. The molecule has 6 heteroatoms. The molecule has 0 amide bonds. The summed E-state index contributed by atoms with van der Waals surface area (Å²) in [5.74, 6) is -0.424. The maximum Gasteiger partial charge on any atom is 0.372 e. The minimum Gasteiger partial charge on any atom is -0.475 e. The van der Waals surface area contributed by atoms with Crippen molar-refractivity contribution >= 4 is 5.97 Å². The Morgan fingerprint density at radius 1 is 1.44 bits per heavy atom. The fraction of sp³-hybridized carbons (Fsp3) is 0.583. The number of carboxylic acids is 1. The first-order valence-electron chi connectivity index (χ1n) is 5.75. The largest absolute Gasteiger partial charge is 0.475 e. The van der Waals surface area contributed by atoms with Crippen molar-refractivity contribution < 1.29 is 23.8 Å². The summed E-state index contributed by atoms with van der Waals surface area (Å²) in [4.78, 5) is 10.8. The number of hydrogen-bond donors (Lipinski definition) is 2. The van der Waals surface area contributed by atoms with Crippen LogP contribution >= 0.6 is 0 Å². The van der Waals surface area contributed by atoms with Gasteiger partial charge in [0.1, 0.15) is 5.76 Å². The van der Waals surface area contributed by atoms with Crippen LogP contribution in [0.3, 0.4) is 0 Å². The van der Waals surface area contributed by atoms with Crippen LogP contribution in [0.4, 0.5) is 0 Å². The highest BCUT2D eigenvalue weighted by atomic mass is 16.5. The van der Waals surface area contributed by atoms with Gasteiger partial charge in [-0.2, -0.15) is 0 Å². The summed E-state index contributed by atoms with van der Waals surface area (Å²) in [5, 5.41) is 11.9. The van der Waals surface area contributed by atoms with Crippen LogP contribution < -0.4 is 5.32 Å². The molecule has 102 valence electrons. The predicted octanol–water partition coefficient (Wildman–Crippen LogP) is 1.04. The van der Waals surface area contributed by atoms with E-state index in [1.807, 2.05) is 0 Å². The molecule has 0 saturated heterocycles. The normalized spacial score (nSPS) is 10.8. The number of ether oxygens (including phenoxy) is 2. The third-order valence-corrected chi connectivity index (χ3v) is 2.32. The number of nitrogens with one attached hydrogen (secondary N) is 1. The average molecular weight is 257 g/mol. The van der Waals surface area contributed by atoms with Gasteiger partial charge >= 0.3 is 5.97 Å². The van der Waals surface area contributed by atoms with Crippen molar-refractivity contribution in [1.29, 1.82) is 0 Å². The van der Waals surface area contributed by atoms with E-state index in [0.29, 0.717) is 44.2 Å². The molecule has 1 rings (SSSR count). The van der Waals surface area contributed by atoms with E-state index in [0.717, 1.165) is 0 Å². The summed E-state index contributed by atoms with van der Waals surface area (Å²) in [7, 11) is 1.63. The molecule has 0 aromatic carbocycles. The molecule has 0 unspecified atom stereocenters. The van der Waals surface area contributed by atoms with Crippen LogP contribution in [0, 0.1) is 6.92 Å². The molecule has 0 fully saturated rings. The Hall–Kier alpha value is -1.37. The van der Waals surface area contributed by atoms with Gasteiger partial charge in [-0.3, -0.25) is 0 Å². The smallest absolute Gasteiger partial charge is 0.372 e. The van der Waals surface area contributed by atoms with E-state index in [2.05, 4.69) is 5.32 Å². The van der Waals surface area contributed by atoms with Gasteiger partial charge in [-0.05, 0) is 13.0 Å². The maximum absolute atomic E-state index is 10.8. The van der Waals surface area contributed by atoms with Gasteiger partial charge in [0.15, 0.2) is 0 Å². The Bertz CT molecular complexity index is 375. The summed E-state index contributed by atoms with van der Waals surface area (Å²) in [6, 6.07) is 1.72. The highest BCUT2D eigenvalue weighted by Crippen LogP contribution is 2.14. The predicted molar refractivity (Wildman–Crippen MR) is 64.8 cm³/mol. The first-order chi connectivity index (χ1) is 8.65. The maximum atomic E-state index is 10.8. The van der Waals surface area contributed by atoms with E-state index < -0.39 is 5.97 Å². The molecule has 0 aliphatic carbocycles. The molecule has 0 bridgehead atoms. The molecule has 6 nitrogen and oxygen atoms in total. The van der Waals surface area contributed by atoms with Crippen molar-refractivity contribution in [2.45, 2.75) is 13.5 Å². The lowest BCUT2D eigenvalue weighted by atomic mass is 10.2. The minimum atomic E-state index is -1.04. The summed E-state index contributed by atoms with van der Waals surface area (Å²) < 4.78 is 15.3. The molecule has 18 heavy (non-hydrogen) atoms. The summed E-state index contributed by atoms with van der Waals surface area (Å²) in [6.07, 6.45) is 0. The lowest BCUT2D eigenvalue weighted by molar-refractivity contribution is 0.0657. The second-order valence-corrected chi connectivity index (χ2v) is 3.81. The van der Waals surface area contributed by atoms with Gasteiger partial charge in [0, 0.05) is 19.2 Å². The van der Waals surface area contributed by atoms with Gasteiger partial charge in [-0.15, -0.1) is 0 Å². The monoisotopic (exact) mass is 257 g/mol. The number of aromatic carboxylic acids is 1. The van der Waals surface area contributed by atoms with E-state index in [4.69, 9.17) is 19.0 Å². The van der Waals surface area contributed by atoms with Crippen LogP contribution in [-0.4, -0.2) is 44.6 Å². The van der Waals surface area contributed by atoms with Gasteiger partial charge < -0.3 is 24.3 Å². The van der Waals surface area contributed by atoms with Crippen molar-refractivity contribution in [2.75, 3.05) is 33.5 Å². The molecule has 0 radical (unpaired) electrons. The summed E-state index contributed by atoms with van der Waals surface area (Å²) in [5.41, 5.74) is 0.635. The van der Waals surface area contributed by atoms with Crippen LogP contribution in [0.1, 0.15) is 21.9 Å². The Kier molecular flexibility index (Phi) is 6.42. The highest BCUT2D eigenvalue weighted by molar-refractivity contribution is 5.86. The van der Waals surface area contributed by atoms with Gasteiger partial charge in [-0.1, -0.05) is 0 Å². The van der Waals surface area contributed by atoms with Crippen molar-refractivity contribution in [2.24, 2.45) is 0 Å². The summed E-state index contributed by atoms with van der Waals surface area (Å²) >= 11 is 0. The summed E-state index contributed by atoms with van der Waals surface area (Å²) in [6.45, 7) is 4.60. The Morgan fingerprint density at radius 3 is 2.83 bits per heavy atom. The van der Waals surface area contributed by atoms with E-state index in [9.17, 15) is 4.79 Å². The molecule has 0 aliphatic heterocycles. The lowest BCUT2D eigenvalue weighted by Crippen LogP contribution is -2.19. The van der Waals surface area contributed by atoms with Crippen LogP contribution in [0.25, 0.3) is 0 Å². The Morgan fingerprint density at radius 2 is 2.22 bits per heavy atom. The van der Waals surface area contributed by atoms with E-state index >= 15 is 0 Å². The third-order valence-electron chi connectivity index (χ3n) is 2.32. The topological polar surface area (TPSA) is 80.9 Å². The van der Waals surface area contributed by atoms with Crippen LogP contribution in [0.2, 0.25) is 0 Å². The van der Waals surface area contributed by atoms with Gasteiger partial charge in [0.05, 0.1) is 26.4 Å². The molecule has 0 spiro atoms. The number of aryl methyl sites for hydroxylation is 1. The fourth-order valence-corrected chi connectivity index (χ4v) is 1.45. The molecule has 0 saturated carbocycles. The van der Waals surface area contributed by atoms with Crippen LogP contribution in [-0.2, 0) is 16.0 Å². The zero-order valence-corrected chi connectivity index (χ0v) is 10.7. The Labute approximate surface area is 106 Å². The van der Waals surface area contributed by atoms with Crippen molar-refractivity contribution in [3.63, 3.8) is 0 Å². The number of hydrogen-bond acceptors (Lipinski definition) is 5. The van der Waals surface area contributed by atoms with Crippen molar-refractivity contribution in [3.8, 4) is 0 Å². The van der Waals surface area contributed by atoms with E-state index in [-0.39, 0.29) is 5.76 Å². The standard InChI is InChI=1S/C12H19NO5/c1-9-7-10(18-11(9)12(14)15)8-13-3-4-17-6-5-16-2/h7,13H,3-6,8H2,1-2H3,(H,14,15). The second-order valence-electron chi connectivity index (χ2n) is 3.81. The molecule has 1 heterocycles. The number of carbonyl (C=O) groups is 1. The van der Waals surface area contributed by atoms with Gasteiger partial charge in [-0.25, -0.2) is 4.79 Å². The second kappa shape index (κ2) is 7.86. The van der Waals surface area contributed by atoms with Crippen LogP contribution in [0.5, 0.6) is 0 Å². The highest BCUT2D eigenvalue weighted by Gasteiger charge is 2.13. The number of rotatable bonds is 9. The average Bonchev–Trinajstić information content (AvgIpc) is 2.69.